The quantitative estimate of drug-likeness (QED) is 0.670. The van der Waals surface area contributed by atoms with Gasteiger partial charge in [0.05, 0.1) is 10.0 Å². The highest BCUT2D eigenvalue weighted by Crippen LogP contribution is 2.26. The molecule has 5 nitrogen and oxygen atoms in total. The number of hydrogen-bond acceptors (Lipinski definition) is 3. The molecule has 7 heteroatoms. The molecule has 0 aromatic heterocycles. The Bertz CT molecular complexity index is 522. The summed E-state index contributed by atoms with van der Waals surface area (Å²) in [6, 6.07) is 4.80. The number of carboxylic acid groups (broad SMARTS) is 1. The van der Waals surface area contributed by atoms with Gasteiger partial charge in [0, 0.05) is 19.0 Å². The number of halogens is 2. The summed E-state index contributed by atoms with van der Waals surface area (Å²) in [5, 5.41) is 12.0. The van der Waals surface area contributed by atoms with Gasteiger partial charge in [-0.05, 0) is 31.9 Å². The molecule has 0 fully saturated rings. The molecule has 0 radical (unpaired) electrons. The maximum Gasteiger partial charge on any atom is 0.303 e. The summed E-state index contributed by atoms with van der Waals surface area (Å²) in [6.07, 6.45) is 1.61. The molecule has 1 unspecified atom stereocenters. The summed E-state index contributed by atoms with van der Waals surface area (Å²) in [4.78, 5) is 22.2. The van der Waals surface area contributed by atoms with E-state index in [9.17, 15) is 9.59 Å². The molecule has 0 aliphatic carbocycles. The molecule has 2 N–H and O–H groups in total. The number of benzene rings is 1. The van der Waals surface area contributed by atoms with Gasteiger partial charge in [-0.1, -0.05) is 29.6 Å². The molecule has 0 aliphatic rings. The minimum atomic E-state index is -0.798. The summed E-state index contributed by atoms with van der Waals surface area (Å²) in [6.45, 7) is 2.13. The zero-order valence-electron chi connectivity index (χ0n) is 12.3. The lowest BCUT2D eigenvalue weighted by molar-refractivity contribution is -0.137. The van der Waals surface area contributed by atoms with Crippen LogP contribution in [0.3, 0.4) is 0 Å². The Morgan fingerprint density at radius 1 is 1.23 bits per heavy atom. The molecule has 0 aliphatic heterocycles. The largest absolute Gasteiger partial charge is 0.481 e. The third kappa shape index (κ3) is 7.00. The lowest BCUT2D eigenvalue weighted by Gasteiger charge is -2.15. The van der Waals surface area contributed by atoms with E-state index >= 15 is 0 Å². The van der Waals surface area contributed by atoms with Gasteiger partial charge in [0.15, 0.2) is 6.10 Å². The van der Waals surface area contributed by atoms with Gasteiger partial charge in [-0.3, -0.25) is 9.59 Å². The number of carboxylic acids is 1. The lowest BCUT2D eigenvalue weighted by Crippen LogP contribution is -2.36. The second kappa shape index (κ2) is 9.54. The number of amides is 1. The molecule has 122 valence electrons. The summed E-state index contributed by atoms with van der Waals surface area (Å²) in [5.41, 5.74) is 0. The van der Waals surface area contributed by atoms with Crippen molar-refractivity contribution in [3.8, 4) is 5.75 Å². The first kappa shape index (κ1) is 18.6. The first-order valence-corrected chi connectivity index (χ1v) is 7.77. The Labute approximate surface area is 139 Å². The molecule has 1 atom stereocenters. The number of rotatable bonds is 9. The molecule has 0 spiro atoms. The fourth-order valence-corrected chi connectivity index (χ4v) is 2.03. The van der Waals surface area contributed by atoms with Gasteiger partial charge in [0.1, 0.15) is 5.75 Å². The van der Waals surface area contributed by atoms with Gasteiger partial charge in [0.2, 0.25) is 0 Å². The third-order valence-electron chi connectivity index (χ3n) is 2.94. The van der Waals surface area contributed by atoms with Crippen molar-refractivity contribution in [2.75, 3.05) is 6.54 Å². The first-order chi connectivity index (χ1) is 10.4. The van der Waals surface area contributed by atoms with Gasteiger partial charge in [-0.2, -0.15) is 0 Å². The normalized spacial score (nSPS) is 11.8. The van der Waals surface area contributed by atoms with Crippen LogP contribution in [0.1, 0.15) is 32.6 Å². The van der Waals surface area contributed by atoms with Crippen molar-refractivity contribution in [3.63, 3.8) is 0 Å². The van der Waals surface area contributed by atoms with Crippen LogP contribution in [0.5, 0.6) is 5.75 Å². The van der Waals surface area contributed by atoms with Gasteiger partial charge in [0.25, 0.3) is 5.91 Å². The van der Waals surface area contributed by atoms with Gasteiger partial charge in [-0.25, -0.2) is 0 Å². The average Bonchev–Trinajstić information content (AvgIpc) is 2.46. The molecule has 0 saturated heterocycles. The number of carbonyl (C=O) groups excluding carboxylic acids is 1. The monoisotopic (exact) mass is 347 g/mol. The average molecular weight is 348 g/mol. The molecule has 0 heterocycles. The lowest BCUT2D eigenvalue weighted by atomic mass is 10.2. The van der Waals surface area contributed by atoms with Crippen molar-refractivity contribution in [2.24, 2.45) is 0 Å². The Morgan fingerprint density at radius 2 is 1.95 bits per heavy atom. The summed E-state index contributed by atoms with van der Waals surface area (Å²) in [7, 11) is 0. The highest BCUT2D eigenvalue weighted by Gasteiger charge is 2.14. The van der Waals surface area contributed by atoms with Crippen LogP contribution in [0.2, 0.25) is 10.0 Å². The fraction of sp³-hybridized carbons (Fsp3) is 0.467. The van der Waals surface area contributed by atoms with Crippen molar-refractivity contribution in [3.05, 3.63) is 28.2 Å². The van der Waals surface area contributed by atoms with Crippen LogP contribution in [0, 0.1) is 0 Å². The van der Waals surface area contributed by atoms with E-state index in [1.807, 2.05) is 0 Å². The van der Waals surface area contributed by atoms with Crippen molar-refractivity contribution in [1.82, 2.24) is 5.32 Å². The molecule has 1 rings (SSSR count). The molecular weight excluding hydrogens is 329 g/mol. The van der Waals surface area contributed by atoms with Gasteiger partial charge in [-0.15, -0.1) is 0 Å². The van der Waals surface area contributed by atoms with Crippen LogP contribution >= 0.6 is 23.2 Å². The topological polar surface area (TPSA) is 75.6 Å². The number of aliphatic carboxylic acids is 1. The van der Waals surface area contributed by atoms with E-state index in [1.54, 1.807) is 25.1 Å². The molecule has 1 aromatic rings. The van der Waals surface area contributed by atoms with Crippen molar-refractivity contribution in [1.29, 1.82) is 0 Å². The molecular formula is C15H19Cl2NO4. The highest BCUT2D eigenvalue weighted by atomic mass is 35.5. The molecule has 22 heavy (non-hydrogen) atoms. The predicted molar refractivity (Wildman–Crippen MR) is 85.7 cm³/mol. The summed E-state index contributed by atoms with van der Waals surface area (Å²) < 4.78 is 5.49. The smallest absolute Gasteiger partial charge is 0.303 e. The van der Waals surface area contributed by atoms with Crippen molar-refractivity contribution >= 4 is 35.1 Å². The SMILES string of the molecule is CC(Oc1ccc(Cl)c(Cl)c1)C(=O)NCCCCCC(=O)O. The van der Waals surface area contributed by atoms with Crippen LogP contribution in [0.15, 0.2) is 18.2 Å². The predicted octanol–water partition coefficient (Wildman–Crippen LogP) is 3.52. The summed E-state index contributed by atoms with van der Waals surface area (Å²) >= 11 is 11.7. The van der Waals surface area contributed by atoms with Crippen LogP contribution in [0.4, 0.5) is 0 Å². The van der Waals surface area contributed by atoms with Crippen LogP contribution in [-0.2, 0) is 9.59 Å². The number of nitrogens with one attached hydrogen (secondary N) is 1. The number of unbranched alkanes of at least 4 members (excludes halogenated alkanes) is 2. The second-order valence-corrected chi connectivity index (χ2v) is 5.65. The molecule has 0 saturated carbocycles. The van der Waals surface area contributed by atoms with Crippen LogP contribution in [-0.4, -0.2) is 29.6 Å². The van der Waals surface area contributed by atoms with Gasteiger partial charge >= 0.3 is 5.97 Å². The van der Waals surface area contributed by atoms with E-state index in [2.05, 4.69) is 5.32 Å². The maximum absolute atomic E-state index is 11.9. The van der Waals surface area contributed by atoms with E-state index in [0.29, 0.717) is 28.8 Å². The fourth-order valence-electron chi connectivity index (χ4n) is 1.74. The van der Waals surface area contributed by atoms with Crippen LogP contribution in [0.25, 0.3) is 0 Å². The highest BCUT2D eigenvalue weighted by molar-refractivity contribution is 6.42. The zero-order valence-corrected chi connectivity index (χ0v) is 13.8. The van der Waals surface area contributed by atoms with E-state index < -0.39 is 12.1 Å². The minimum absolute atomic E-state index is 0.158. The Hall–Kier alpha value is -1.46. The number of carbonyl (C=O) groups is 2. The van der Waals surface area contributed by atoms with E-state index in [1.165, 1.54) is 0 Å². The standard InChI is InChI=1S/C15H19Cl2NO4/c1-10(22-11-6-7-12(16)13(17)9-11)15(21)18-8-4-2-3-5-14(19)20/h6-7,9-10H,2-5,8H2,1H3,(H,18,21)(H,19,20). The number of hydrogen-bond donors (Lipinski definition) is 2. The van der Waals surface area contributed by atoms with Crippen LogP contribution < -0.4 is 10.1 Å². The third-order valence-corrected chi connectivity index (χ3v) is 3.68. The van der Waals surface area contributed by atoms with E-state index in [0.717, 1.165) is 12.8 Å². The van der Waals surface area contributed by atoms with Crippen molar-refractivity contribution in [2.45, 2.75) is 38.7 Å². The molecule has 1 amide bonds. The van der Waals surface area contributed by atoms with E-state index in [-0.39, 0.29) is 12.3 Å². The number of ether oxygens (including phenoxy) is 1. The Balaban J connectivity index is 2.27. The molecule has 0 bridgehead atoms. The minimum Gasteiger partial charge on any atom is -0.481 e. The first-order valence-electron chi connectivity index (χ1n) is 7.01. The Morgan fingerprint density at radius 3 is 2.59 bits per heavy atom. The van der Waals surface area contributed by atoms with Crippen molar-refractivity contribution < 1.29 is 19.4 Å². The maximum atomic E-state index is 11.9. The van der Waals surface area contributed by atoms with E-state index in [4.69, 9.17) is 33.0 Å². The zero-order chi connectivity index (χ0) is 16.5. The second-order valence-electron chi connectivity index (χ2n) is 4.83. The Kier molecular flexibility index (Phi) is 8.06. The van der Waals surface area contributed by atoms with Gasteiger partial charge < -0.3 is 15.2 Å². The molecule has 1 aromatic carbocycles. The summed E-state index contributed by atoms with van der Waals surface area (Å²) in [5.74, 6) is -0.560.